The number of fused-ring (bicyclic) bond motifs is 1. The quantitative estimate of drug-likeness (QED) is 0.384. The smallest absolute Gasteiger partial charge is 0.225 e. The maximum absolute atomic E-state index is 7.24. The number of anilines is 1. The fourth-order valence-corrected chi connectivity index (χ4v) is 4.51. The lowest BCUT2D eigenvalue weighted by molar-refractivity contribution is 0.254. The molecular formula is C26H25ClN6. The summed E-state index contributed by atoms with van der Waals surface area (Å²) >= 11 is 5.98. The fraction of sp³-hybridized carbons (Fsp3) is 0.269. The van der Waals surface area contributed by atoms with Crippen molar-refractivity contribution in [1.82, 2.24) is 19.9 Å². The van der Waals surface area contributed by atoms with Crippen LogP contribution < -0.4 is 4.90 Å². The molecular weight excluding hydrogens is 432 g/mol. The summed E-state index contributed by atoms with van der Waals surface area (Å²) in [5, 5.41) is 1.90. The van der Waals surface area contributed by atoms with Crippen molar-refractivity contribution in [3.63, 3.8) is 0 Å². The fourth-order valence-electron chi connectivity index (χ4n) is 4.38. The van der Waals surface area contributed by atoms with Gasteiger partial charge in [-0.05, 0) is 60.2 Å². The average Bonchev–Trinajstić information content (AvgIpc) is 3.27. The van der Waals surface area contributed by atoms with Crippen molar-refractivity contribution in [2.45, 2.75) is 12.8 Å². The molecule has 1 saturated heterocycles. The molecule has 0 bridgehead atoms. The second-order valence-corrected chi connectivity index (χ2v) is 8.80. The molecule has 0 aliphatic carbocycles. The van der Waals surface area contributed by atoms with Crippen molar-refractivity contribution >= 4 is 34.1 Å². The second-order valence-electron chi connectivity index (χ2n) is 8.37. The molecule has 5 rings (SSSR count). The summed E-state index contributed by atoms with van der Waals surface area (Å²) in [4.78, 5) is 20.9. The first kappa shape index (κ1) is 21.4. The van der Waals surface area contributed by atoms with Gasteiger partial charge in [0.15, 0.2) is 5.69 Å². The Kier molecular flexibility index (Phi) is 6.25. The zero-order valence-electron chi connectivity index (χ0n) is 18.3. The van der Waals surface area contributed by atoms with Gasteiger partial charge < -0.3 is 9.88 Å². The van der Waals surface area contributed by atoms with Crippen LogP contribution in [0.1, 0.15) is 12.0 Å². The third-order valence-electron chi connectivity index (χ3n) is 6.27. The SMILES string of the molecule is [C-]#[N+]c1ccc2[nH]cc(CCCN3CCN(c4ncc(-c5ccc(Cl)cc5)cn4)CC3)c2c1. The van der Waals surface area contributed by atoms with Crippen LogP contribution in [0.25, 0.3) is 26.9 Å². The summed E-state index contributed by atoms with van der Waals surface area (Å²) in [7, 11) is 0. The predicted molar refractivity (Wildman–Crippen MR) is 134 cm³/mol. The van der Waals surface area contributed by atoms with Crippen molar-refractivity contribution in [3.8, 4) is 11.1 Å². The second kappa shape index (κ2) is 9.62. The summed E-state index contributed by atoms with van der Waals surface area (Å²) in [5.41, 5.74) is 5.16. The van der Waals surface area contributed by atoms with E-state index in [0.29, 0.717) is 5.69 Å². The molecule has 0 saturated carbocycles. The van der Waals surface area contributed by atoms with E-state index in [2.05, 4.69) is 35.8 Å². The number of hydrogen-bond acceptors (Lipinski definition) is 4. The number of aryl methyl sites for hydroxylation is 1. The summed E-state index contributed by atoms with van der Waals surface area (Å²) in [5.74, 6) is 0.793. The molecule has 1 fully saturated rings. The molecule has 0 radical (unpaired) electrons. The Morgan fingerprint density at radius 2 is 1.73 bits per heavy atom. The molecule has 0 unspecified atom stereocenters. The van der Waals surface area contributed by atoms with Crippen LogP contribution in [0, 0.1) is 6.57 Å². The first-order chi connectivity index (χ1) is 16.2. The van der Waals surface area contributed by atoms with E-state index in [9.17, 15) is 0 Å². The molecule has 2 aromatic heterocycles. The van der Waals surface area contributed by atoms with Gasteiger partial charge in [-0.2, -0.15) is 0 Å². The number of H-pyrrole nitrogens is 1. The minimum Gasteiger partial charge on any atom is -0.361 e. The molecule has 7 heteroatoms. The van der Waals surface area contributed by atoms with Gasteiger partial charge in [0.1, 0.15) is 0 Å². The van der Waals surface area contributed by atoms with Crippen LogP contribution >= 0.6 is 11.6 Å². The van der Waals surface area contributed by atoms with Crippen LogP contribution in [0.15, 0.2) is 61.1 Å². The van der Waals surface area contributed by atoms with Crippen molar-refractivity contribution in [2.24, 2.45) is 0 Å². The highest BCUT2D eigenvalue weighted by Crippen LogP contribution is 2.25. The topological polar surface area (TPSA) is 52.4 Å². The highest BCUT2D eigenvalue weighted by atomic mass is 35.5. The average molecular weight is 457 g/mol. The third kappa shape index (κ3) is 4.85. The van der Waals surface area contributed by atoms with E-state index in [1.54, 1.807) is 0 Å². The molecule has 2 aromatic carbocycles. The van der Waals surface area contributed by atoms with Crippen molar-refractivity contribution in [1.29, 1.82) is 0 Å². The van der Waals surface area contributed by atoms with E-state index >= 15 is 0 Å². The van der Waals surface area contributed by atoms with E-state index in [1.807, 2.05) is 54.9 Å². The number of benzene rings is 2. The Hall–Kier alpha value is -3.40. The van der Waals surface area contributed by atoms with Crippen LogP contribution in [0.4, 0.5) is 11.6 Å². The lowest BCUT2D eigenvalue weighted by atomic mass is 10.1. The molecule has 1 aliphatic rings. The van der Waals surface area contributed by atoms with E-state index in [1.165, 1.54) is 10.9 Å². The van der Waals surface area contributed by atoms with Gasteiger partial charge in [0.05, 0.1) is 6.57 Å². The van der Waals surface area contributed by atoms with E-state index in [4.69, 9.17) is 18.2 Å². The number of nitrogens with one attached hydrogen (secondary N) is 1. The zero-order chi connectivity index (χ0) is 22.6. The number of aromatic amines is 1. The Balaban J connectivity index is 1.12. The zero-order valence-corrected chi connectivity index (χ0v) is 19.1. The number of nitrogens with zero attached hydrogens (tertiary/aromatic N) is 5. The number of halogens is 1. The number of rotatable bonds is 6. The van der Waals surface area contributed by atoms with Gasteiger partial charge in [-0.3, -0.25) is 4.90 Å². The number of aromatic nitrogens is 3. The Morgan fingerprint density at radius 1 is 0.970 bits per heavy atom. The summed E-state index contributed by atoms with van der Waals surface area (Å²) in [6.07, 6.45) is 7.97. The monoisotopic (exact) mass is 456 g/mol. The Labute approximate surface area is 198 Å². The van der Waals surface area contributed by atoms with Gasteiger partial charge in [-0.1, -0.05) is 29.8 Å². The Bertz CT molecular complexity index is 1270. The van der Waals surface area contributed by atoms with Crippen LogP contribution in [-0.4, -0.2) is 52.6 Å². The number of piperazine rings is 1. The van der Waals surface area contributed by atoms with Crippen LogP contribution in [0.5, 0.6) is 0 Å². The minimum atomic E-state index is 0.697. The lowest BCUT2D eigenvalue weighted by Crippen LogP contribution is -2.47. The molecule has 0 amide bonds. The minimum absolute atomic E-state index is 0.697. The highest BCUT2D eigenvalue weighted by Gasteiger charge is 2.19. The van der Waals surface area contributed by atoms with Crippen molar-refractivity contribution in [3.05, 3.63) is 83.1 Å². The van der Waals surface area contributed by atoms with Crippen LogP contribution in [0.2, 0.25) is 5.02 Å². The van der Waals surface area contributed by atoms with E-state index in [0.717, 1.165) is 73.2 Å². The van der Waals surface area contributed by atoms with Crippen LogP contribution in [0.3, 0.4) is 0 Å². The molecule has 166 valence electrons. The normalized spacial score (nSPS) is 14.5. The van der Waals surface area contributed by atoms with Gasteiger partial charge in [0, 0.05) is 60.9 Å². The molecule has 4 aromatic rings. The molecule has 0 spiro atoms. The third-order valence-corrected chi connectivity index (χ3v) is 6.52. The van der Waals surface area contributed by atoms with E-state index in [-0.39, 0.29) is 0 Å². The van der Waals surface area contributed by atoms with Crippen molar-refractivity contribution < 1.29 is 0 Å². The van der Waals surface area contributed by atoms with E-state index < -0.39 is 0 Å². The maximum atomic E-state index is 7.24. The molecule has 6 nitrogen and oxygen atoms in total. The van der Waals surface area contributed by atoms with Gasteiger partial charge in [-0.25, -0.2) is 14.8 Å². The molecule has 1 N–H and O–H groups in total. The van der Waals surface area contributed by atoms with Gasteiger partial charge in [0.2, 0.25) is 5.95 Å². The number of hydrogen-bond donors (Lipinski definition) is 1. The predicted octanol–water partition coefficient (Wildman–Crippen LogP) is 5.58. The highest BCUT2D eigenvalue weighted by molar-refractivity contribution is 6.30. The molecule has 0 atom stereocenters. The standard InChI is InChI=1S/C26H25ClN6/c1-28-23-8-9-25-24(15-23)20(16-29-25)3-2-10-32-11-13-33(14-12-32)26-30-17-21(18-31-26)19-4-6-22(27)7-5-19/h4-9,15-18,29H,2-3,10-14H2. The lowest BCUT2D eigenvalue weighted by Gasteiger charge is -2.34. The molecule has 33 heavy (non-hydrogen) atoms. The van der Waals surface area contributed by atoms with Gasteiger partial charge in [-0.15, -0.1) is 0 Å². The first-order valence-electron chi connectivity index (χ1n) is 11.2. The van der Waals surface area contributed by atoms with Crippen LogP contribution in [-0.2, 0) is 6.42 Å². The van der Waals surface area contributed by atoms with Gasteiger partial charge >= 0.3 is 0 Å². The summed E-state index contributed by atoms with van der Waals surface area (Å²) < 4.78 is 0. The Morgan fingerprint density at radius 3 is 2.45 bits per heavy atom. The summed E-state index contributed by atoms with van der Waals surface area (Å²) in [6, 6.07) is 13.6. The maximum Gasteiger partial charge on any atom is 0.225 e. The molecule has 3 heterocycles. The van der Waals surface area contributed by atoms with Gasteiger partial charge in [0.25, 0.3) is 0 Å². The summed E-state index contributed by atoms with van der Waals surface area (Å²) in [6.45, 7) is 12.2. The largest absolute Gasteiger partial charge is 0.361 e. The first-order valence-corrected chi connectivity index (χ1v) is 11.6. The molecule has 1 aliphatic heterocycles. The van der Waals surface area contributed by atoms with Crippen molar-refractivity contribution in [2.75, 3.05) is 37.6 Å².